The third kappa shape index (κ3) is 2.35. The van der Waals surface area contributed by atoms with Gasteiger partial charge in [0.05, 0.1) is 5.69 Å². The first-order valence-corrected chi connectivity index (χ1v) is 7.96. The summed E-state index contributed by atoms with van der Waals surface area (Å²) in [4.78, 5) is 18.1. The molecule has 1 N–H and O–H groups in total. The van der Waals surface area contributed by atoms with E-state index in [2.05, 4.69) is 23.2 Å². The molecule has 3 aromatic carbocycles. The second-order valence-electron chi connectivity index (χ2n) is 6.20. The van der Waals surface area contributed by atoms with Gasteiger partial charge in [0, 0.05) is 36.2 Å². The summed E-state index contributed by atoms with van der Waals surface area (Å²) in [5.74, 6) is 0.0144. The summed E-state index contributed by atoms with van der Waals surface area (Å²) in [6.07, 6.45) is 0. The van der Waals surface area contributed by atoms with Gasteiger partial charge in [-0.15, -0.1) is 0 Å². The summed E-state index contributed by atoms with van der Waals surface area (Å²) in [7, 11) is 3.97. The Balaban J connectivity index is 1.78. The molecule has 24 heavy (non-hydrogen) atoms. The van der Waals surface area contributed by atoms with Gasteiger partial charge in [-0.2, -0.15) is 0 Å². The molecule has 3 nitrogen and oxygen atoms in total. The molecule has 3 heteroatoms. The van der Waals surface area contributed by atoms with Crippen molar-refractivity contribution in [1.29, 1.82) is 0 Å². The Morgan fingerprint density at radius 2 is 1.62 bits per heavy atom. The fourth-order valence-electron chi connectivity index (χ4n) is 3.07. The van der Waals surface area contributed by atoms with Crippen LogP contribution in [0.5, 0.6) is 0 Å². The zero-order valence-corrected chi connectivity index (χ0v) is 13.7. The van der Waals surface area contributed by atoms with E-state index >= 15 is 0 Å². The number of fused-ring (bicyclic) bond motifs is 3. The minimum Gasteiger partial charge on any atom is -0.378 e. The molecule has 0 bridgehead atoms. The third-order valence-corrected chi connectivity index (χ3v) is 4.42. The second-order valence-corrected chi connectivity index (χ2v) is 6.20. The van der Waals surface area contributed by atoms with E-state index in [4.69, 9.17) is 0 Å². The molecule has 0 spiro atoms. The Morgan fingerprint density at radius 1 is 0.875 bits per heavy atom. The van der Waals surface area contributed by atoms with Crippen molar-refractivity contribution in [2.24, 2.45) is 0 Å². The van der Waals surface area contributed by atoms with Crippen LogP contribution in [-0.4, -0.2) is 24.9 Å². The smallest absolute Gasteiger partial charge is 0.209 e. The number of rotatable bonds is 3. The molecule has 118 valence electrons. The lowest BCUT2D eigenvalue weighted by Gasteiger charge is -2.12. The van der Waals surface area contributed by atoms with E-state index in [1.807, 2.05) is 67.5 Å². The lowest BCUT2D eigenvalue weighted by atomic mass is 10.1. The van der Waals surface area contributed by atoms with Crippen LogP contribution < -0.4 is 4.90 Å². The normalized spacial score (nSPS) is 11.1. The van der Waals surface area contributed by atoms with Gasteiger partial charge in [0.1, 0.15) is 0 Å². The van der Waals surface area contributed by atoms with Gasteiger partial charge in [-0.3, -0.25) is 4.79 Å². The molecule has 1 heterocycles. The van der Waals surface area contributed by atoms with Crippen molar-refractivity contribution < 1.29 is 4.79 Å². The number of nitrogens with one attached hydrogen (secondary N) is 1. The zero-order valence-electron chi connectivity index (χ0n) is 13.7. The predicted molar refractivity (Wildman–Crippen MR) is 100 cm³/mol. The Kier molecular flexibility index (Phi) is 3.35. The fourth-order valence-corrected chi connectivity index (χ4v) is 3.07. The van der Waals surface area contributed by atoms with Crippen LogP contribution in [0, 0.1) is 0 Å². The molecule has 0 aliphatic carbocycles. The maximum atomic E-state index is 12.8. The van der Waals surface area contributed by atoms with Crippen molar-refractivity contribution in [3.05, 3.63) is 78.0 Å². The summed E-state index contributed by atoms with van der Waals surface area (Å²) in [6, 6.07) is 22.0. The highest BCUT2D eigenvalue weighted by Crippen LogP contribution is 2.27. The highest BCUT2D eigenvalue weighted by Gasteiger charge is 2.13. The maximum absolute atomic E-state index is 12.8. The van der Waals surface area contributed by atoms with Crippen LogP contribution >= 0.6 is 0 Å². The monoisotopic (exact) mass is 314 g/mol. The second kappa shape index (κ2) is 5.53. The van der Waals surface area contributed by atoms with Crippen LogP contribution in [-0.2, 0) is 0 Å². The number of aromatic nitrogens is 1. The van der Waals surface area contributed by atoms with Gasteiger partial charge in [0.25, 0.3) is 0 Å². The largest absolute Gasteiger partial charge is 0.378 e. The van der Waals surface area contributed by atoms with E-state index in [1.54, 1.807) is 0 Å². The van der Waals surface area contributed by atoms with Crippen LogP contribution in [0.1, 0.15) is 16.1 Å². The van der Waals surface area contributed by atoms with Gasteiger partial charge in [-0.05, 0) is 47.2 Å². The molecule has 0 aliphatic rings. The average Bonchev–Trinajstić information content (AvgIpc) is 3.06. The Hall–Kier alpha value is -3.07. The topological polar surface area (TPSA) is 36.1 Å². The molecule has 1 aromatic heterocycles. The van der Waals surface area contributed by atoms with Crippen LogP contribution in [0.3, 0.4) is 0 Å². The van der Waals surface area contributed by atoms with E-state index in [0.29, 0.717) is 11.3 Å². The molecule has 0 saturated heterocycles. The number of nitrogens with zero attached hydrogens (tertiary/aromatic N) is 1. The number of anilines is 1. The molecule has 0 unspecified atom stereocenters. The van der Waals surface area contributed by atoms with Gasteiger partial charge in [-0.1, -0.05) is 30.3 Å². The number of aromatic amines is 1. The molecule has 0 amide bonds. The molecule has 0 saturated carbocycles. The van der Waals surface area contributed by atoms with E-state index in [9.17, 15) is 4.79 Å². The molecular weight excluding hydrogens is 296 g/mol. The number of H-pyrrole nitrogens is 1. The highest BCUT2D eigenvalue weighted by molar-refractivity contribution is 6.14. The van der Waals surface area contributed by atoms with Crippen LogP contribution in [0.15, 0.2) is 66.7 Å². The van der Waals surface area contributed by atoms with E-state index < -0.39 is 0 Å². The van der Waals surface area contributed by atoms with Crippen LogP contribution in [0.4, 0.5) is 5.69 Å². The van der Waals surface area contributed by atoms with E-state index in [0.717, 1.165) is 22.0 Å². The summed E-state index contributed by atoms with van der Waals surface area (Å²) in [5.41, 5.74) is 3.38. The molecule has 4 aromatic rings. The number of carbonyl (C=O) groups is 1. The maximum Gasteiger partial charge on any atom is 0.209 e. The summed E-state index contributed by atoms with van der Waals surface area (Å²) >= 11 is 0. The number of carbonyl (C=O) groups excluding carboxylic acids is 1. The number of hydrogen-bond acceptors (Lipinski definition) is 2. The minimum atomic E-state index is 0.0144. The molecule has 0 fully saturated rings. The molecule has 0 atom stereocenters. The standard InChI is InChI=1S/C21H18N2O/c1-23(2)16-10-7-15(8-11-16)21(24)20-13-18-17-6-4-3-5-14(17)9-12-19(18)22-20/h3-13,22H,1-2H3. The van der Waals surface area contributed by atoms with E-state index in [-0.39, 0.29) is 5.78 Å². The summed E-state index contributed by atoms with van der Waals surface area (Å²) in [6.45, 7) is 0. The molecule has 0 aliphatic heterocycles. The number of hydrogen-bond donors (Lipinski definition) is 1. The average molecular weight is 314 g/mol. The highest BCUT2D eigenvalue weighted by atomic mass is 16.1. The fraction of sp³-hybridized carbons (Fsp3) is 0.0952. The van der Waals surface area contributed by atoms with Gasteiger partial charge < -0.3 is 9.88 Å². The van der Waals surface area contributed by atoms with Crippen molar-refractivity contribution >= 4 is 33.1 Å². The van der Waals surface area contributed by atoms with Crippen molar-refractivity contribution in [2.45, 2.75) is 0 Å². The van der Waals surface area contributed by atoms with Crippen LogP contribution in [0.2, 0.25) is 0 Å². The van der Waals surface area contributed by atoms with Gasteiger partial charge >= 0.3 is 0 Å². The summed E-state index contributed by atoms with van der Waals surface area (Å²) < 4.78 is 0. The van der Waals surface area contributed by atoms with Crippen molar-refractivity contribution in [1.82, 2.24) is 4.98 Å². The Labute approximate surface area is 140 Å². The van der Waals surface area contributed by atoms with Crippen LogP contribution in [0.25, 0.3) is 21.7 Å². The van der Waals surface area contributed by atoms with Gasteiger partial charge in [-0.25, -0.2) is 0 Å². The SMILES string of the molecule is CN(C)c1ccc(C(=O)c2cc3c(ccc4ccccc43)[nH]2)cc1. The van der Waals surface area contributed by atoms with Crippen molar-refractivity contribution in [2.75, 3.05) is 19.0 Å². The quantitative estimate of drug-likeness (QED) is 0.560. The van der Waals surface area contributed by atoms with Crippen molar-refractivity contribution in [3.8, 4) is 0 Å². The van der Waals surface area contributed by atoms with Crippen molar-refractivity contribution in [3.63, 3.8) is 0 Å². The zero-order chi connectivity index (χ0) is 16.7. The summed E-state index contributed by atoms with van der Waals surface area (Å²) in [5, 5.41) is 3.42. The Morgan fingerprint density at radius 3 is 2.38 bits per heavy atom. The lowest BCUT2D eigenvalue weighted by molar-refractivity contribution is 0.103. The minimum absolute atomic E-state index is 0.0144. The first-order valence-electron chi connectivity index (χ1n) is 7.96. The molecular formula is C21H18N2O. The number of ketones is 1. The van der Waals surface area contributed by atoms with E-state index in [1.165, 1.54) is 5.39 Å². The lowest BCUT2D eigenvalue weighted by Crippen LogP contribution is -2.09. The first-order chi connectivity index (χ1) is 11.6. The van der Waals surface area contributed by atoms with Gasteiger partial charge in [0.2, 0.25) is 5.78 Å². The molecule has 4 rings (SSSR count). The Bertz CT molecular complexity index is 1040. The molecule has 0 radical (unpaired) electrons. The number of benzene rings is 3. The van der Waals surface area contributed by atoms with Gasteiger partial charge in [0.15, 0.2) is 0 Å². The third-order valence-electron chi connectivity index (χ3n) is 4.42. The first kappa shape index (κ1) is 14.5. The predicted octanol–water partition coefficient (Wildman–Crippen LogP) is 4.62.